The predicted octanol–water partition coefficient (Wildman–Crippen LogP) is 5.10. The van der Waals surface area contributed by atoms with Crippen molar-refractivity contribution in [3.8, 4) is 5.69 Å². The Kier molecular flexibility index (Phi) is 6.28. The number of hydrogen-bond donors (Lipinski definition) is 0. The van der Waals surface area contributed by atoms with Crippen molar-refractivity contribution >= 4 is 22.7 Å². The normalized spacial score (nSPS) is 14.7. The summed E-state index contributed by atoms with van der Waals surface area (Å²) in [5.74, 6) is 1.09. The summed E-state index contributed by atoms with van der Waals surface area (Å²) in [6, 6.07) is 13.8. The summed E-state index contributed by atoms with van der Waals surface area (Å²) in [7, 11) is 0. The molecule has 0 saturated carbocycles. The van der Waals surface area contributed by atoms with Gasteiger partial charge in [0.05, 0.1) is 6.54 Å². The largest absolute Gasteiger partial charge is 0.423 e. The van der Waals surface area contributed by atoms with Crippen LogP contribution in [0.2, 0.25) is 0 Å². The molecule has 33 heavy (non-hydrogen) atoms. The van der Waals surface area contributed by atoms with E-state index in [2.05, 4.69) is 15.1 Å². The summed E-state index contributed by atoms with van der Waals surface area (Å²) >= 11 is 1.51. The SMILES string of the molecule is Cc1ccc2c(CSc3nnc(CN4CCCCC4)n3-c3ccc(F)cc3)cc(=O)oc2c1. The molecule has 170 valence electrons. The molecule has 0 bridgehead atoms. The van der Waals surface area contributed by atoms with Crippen molar-refractivity contribution in [3.05, 3.63) is 81.7 Å². The molecular weight excluding hydrogens is 439 g/mol. The van der Waals surface area contributed by atoms with E-state index in [0.717, 1.165) is 41.1 Å². The molecule has 4 aromatic rings. The molecule has 1 fully saturated rings. The van der Waals surface area contributed by atoms with E-state index < -0.39 is 0 Å². The van der Waals surface area contributed by atoms with Gasteiger partial charge in [0.1, 0.15) is 11.4 Å². The van der Waals surface area contributed by atoms with Crippen LogP contribution in [0.1, 0.15) is 36.2 Å². The molecule has 0 aliphatic carbocycles. The van der Waals surface area contributed by atoms with Crippen LogP contribution in [-0.2, 0) is 12.3 Å². The number of aromatic nitrogens is 3. The van der Waals surface area contributed by atoms with Gasteiger partial charge in [-0.15, -0.1) is 10.2 Å². The van der Waals surface area contributed by atoms with Gasteiger partial charge in [-0.2, -0.15) is 0 Å². The molecule has 3 heterocycles. The number of thioether (sulfide) groups is 1. The third kappa shape index (κ3) is 4.86. The Labute approximate surface area is 195 Å². The quantitative estimate of drug-likeness (QED) is 0.292. The first-order chi connectivity index (χ1) is 16.1. The summed E-state index contributed by atoms with van der Waals surface area (Å²) in [4.78, 5) is 14.5. The summed E-state index contributed by atoms with van der Waals surface area (Å²) in [5, 5.41) is 10.6. The number of piperidine rings is 1. The van der Waals surface area contributed by atoms with Gasteiger partial charge in [-0.05, 0) is 74.3 Å². The van der Waals surface area contributed by atoms with Gasteiger partial charge in [-0.1, -0.05) is 30.3 Å². The lowest BCUT2D eigenvalue weighted by atomic mass is 10.1. The van der Waals surface area contributed by atoms with Crippen molar-refractivity contribution in [2.24, 2.45) is 0 Å². The first kappa shape index (κ1) is 21.9. The monoisotopic (exact) mass is 464 g/mol. The average Bonchev–Trinajstić information content (AvgIpc) is 3.20. The van der Waals surface area contributed by atoms with Crippen LogP contribution >= 0.6 is 11.8 Å². The predicted molar refractivity (Wildman–Crippen MR) is 127 cm³/mol. The fourth-order valence-electron chi connectivity index (χ4n) is 4.26. The van der Waals surface area contributed by atoms with Gasteiger partial charge < -0.3 is 4.42 Å². The van der Waals surface area contributed by atoms with Crippen molar-refractivity contribution in [2.45, 2.75) is 43.6 Å². The number of rotatable bonds is 6. The van der Waals surface area contributed by atoms with Crippen molar-refractivity contribution in [1.29, 1.82) is 0 Å². The van der Waals surface area contributed by atoms with Crippen molar-refractivity contribution in [2.75, 3.05) is 13.1 Å². The van der Waals surface area contributed by atoms with E-state index in [1.54, 1.807) is 12.1 Å². The molecule has 2 aromatic carbocycles. The van der Waals surface area contributed by atoms with E-state index in [-0.39, 0.29) is 11.4 Å². The van der Waals surface area contributed by atoms with Crippen LogP contribution in [0.4, 0.5) is 4.39 Å². The second kappa shape index (κ2) is 9.49. The van der Waals surface area contributed by atoms with Gasteiger partial charge in [-0.25, -0.2) is 9.18 Å². The molecule has 1 aliphatic rings. The van der Waals surface area contributed by atoms with Gasteiger partial charge in [-0.3, -0.25) is 9.47 Å². The Hall–Kier alpha value is -2.97. The van der Waals surface area contributed by atoms with Crippen molar-refractivity contribution in [1.82, 2.24) is 19.7 Å². The van der Waals surface area contributed by atoms with Crippen molar-refractivity contribution in [3.63, 3.8) is 0 Å². The number of likely N-dealkylation sites (tertiary alicyclic amines) is 1. The number of fused-ring (bicyclic) bond motifs is 1. The zero-order valence-corrected chi connectivity index (χ0v) is 19.3. The number of halogens is 1. The van der Waals surface area contributed by atoms with Crippen LogP contribution in [0.3, 0.4) is 0 Å². The second-order valence-electron chi connectivity index (χ2n) is 8.43. The number of aryl methyl sites for hydroxylation is 1. The van der Waals surface area contributed by atoms with Crippen LogP contribution in [-0.4, -0.2) is 32.8 Å². The molecule has 1 aliphatic heterocycles. The molecule has 0 unspecified atom stereocenters. The molecule has 0 atom stereocenters. The molecule has 0 N–H and O–H groups in total. The van der Waals surface area contributed by atoms with E-state index in [1.807, 2.05) is 29.7 Å². The highest BCUT2D eigenvalue weighted by molar-refractivity contribution is 7.98. The second-order valence-corrected chi connectivity index (χ2v) is 9.37. The van der Waals surface area contributed by atoms with Crippen LogP contribution in [0, 0.1) is 12.7 Å². The third-order valence-electron chi connectivity index (χ3n) is 5.94. The first-order valence-electron chi connectivity index (χ1n) is 11.2. The third-order valence-corrected chi connectivity index (χ3v) is 6.92. The highest BCUT2D eigenvalue weighted by Crippen LogP contribution is 2.29. The van der Waals surface area contributed by atoms with E-state index in [9.17, 15) is 9.18 Å². The van der Waals surface area contributed by atoms with E-state index >= 15 is 0 Å². The minimum absolute atomic E-state index is 0.281. The summed E-state index contributed by atoms with van der Waals surface area (Å²) in [6.07, 6.45) is 3.64. The zero-order valence-electron chi connectivity index (χ0n) is 18.5. The van der Waals surface area contributed by atoms with Crippen LogP contribution < -0.4 is 5.63 Å². The van der Waals surface area contributed by atoms with Gasteiger partial charge in [0.25, 0.3) is 0 Å². The van der Waals surface area contributed by atoms with E-state index in [4.69, 9.17) is 4.42 Å². The Morgan fingerprint density at radius 1 is 1.03 bits per heavy atom. The van der Waals surface area contributed by atoms with Gasteiger partial charge in [0, 0.05) is 22.9 Å². The standard InChI is InChI=1S/C25H25FN4O2S/c1-17-5-10-21-18(14-24(31)32-22(21)13-17)16-33-25-28-27-23(15-29-11-3-2-4-12-29)30(25)20-8-6-19(26)7-9-20/h5-10,13-14H,2-4,11-12,15-16H2,1H3. The lowest BCUT2D eigenvalue weighted by Crippen LogP contribution is -2.30. The molecule has 0 amide bonds. The number of benzene rings is 2. The van der Waals surface area contributed by atoms with Gasteiger partial charge in [0.15, 0.2) is 11.0 Å². The maximum Gasteiger partial charge on any atom is 0.336 e. The van der Waals surface area contributed by atoms with E-state index in [1.165, 1.54) is 49.2 Å². The lowest BCUT2D eigenvalue weighted by Gasteiger charge is -2.26. The molecule has 2 aromatic heterocycles. The highest BCUT2D eigenvalue weighted by atomic mass is 32.2. The summed E-state index contributed by atoms with van der Waals surface area (Å²) in [6.45, 7) is 4.76. The molecule has 1 saturated heterocycles. The molecule has 6 nitrogen and oxygen atoms in total. The fourth-order valence-corrected chi connectivity index (χ4v) is 5.22. The maximum atomic E-state index is 13.6. The maximum absolute atomic E-state index is 13.6. The Bertz CT molecular complexity index is 1330. The minimum atomic E-state index is -0.366. The summed E-state index contributed by atoms with van der Waals surface area (Å²) < 4.78 is 21.0. The van der Waals surface area contributed by atoms with Gasteiger partial charge >= 0.3 is 5.63 Å². The number of hydrogen-bond acceptors (Lipinski definition) is 6. The highest BCUT2D eigenvalue weighted by Gasteiger charge is 2.19. The zero-order chi connectivity index (χ0) is 22.8. The molecule has 0 radical (unpaired) electrons. The van der Waals surface area contributed by atoms with Crippen molar-refractivity contribution < 1.29 is 8.81 Å². The van der Waals surface area contributed by atoms with E-state index in [0.29, 0.717) is 23.0 Å². The molecule has 5 rings (SSSR count). The topological polar surface area (TPSA) is 64.2 Å². The molecule has 8 heteroatoms. The van der Waals surface area contributed by atoms with Crippen LogP contribution in [0.15, 0.2) is 62.9 Å². The first-order valence-corrected chi connectivity index (χ1v) is 12.1. The Morgan fingerprint density at radius 3 is 2.61 bits per heavy atom. The fraction of sp³-hybridized carbons (Fsp3) is 0.320. The Morgan fingerprint density at radius 2 is 1.82 bits per heavy atom. The van der Waals surface area contributed by atoms with Gasteiger partial charge in [0.2, 0.25) is 0 Å². The average molecular weight is 465 g/mol. The Balaban J connectivity index is 1.47. The lowest BCUT2D eigenvalue weighted by molar-refractivity contribution is 0.214. The molecule has 0 spiro atoms. The molecular formula is C25H25FN4O2S. The number of nitrogens with zero attached hydrogens (tertiary/aromatic N) is 4. The summed E-state index contributed by atoms with van der Waals surface area (Å²) in [5.41, 5.74) is 2.97. The minimum Gasteiger partial charge on any atom is -0.423 e. The smallest absolute Gasteiger partial charge is 0.336 e. The van der Waals surface area contributed by atoms with Crippen LogP contribution in [0.5, 0.6) is 0 Å². The van der Waals surface area contributed by atoms with Crippen LogP contribution in [0.25, 0.3) is 16.7 Å².